The van der Waals surface area contributed by atoms with E-state index in [1.54, 1.807) is 12.1 Å². The zero-order valence-corrected chi connectivity index (χ0v) is 10.4. The predicted molar refractivity (Wildman–Crippen MR) is 67.8 cm³/mol. The molecule has 0 aliphatic carbocycles. The summed E-state index contributed by atoms with van der Waals surface area (Å²) < 4.78 is 4.95. The quantitative estimate of drug-likeness (QED) is 0.781. The Kier molecular flexibility index (Phi) is 2.96. The molecule has 0 spiro atoms. The SMILES string of the molecule is COc1ccc(-c2nc3c(c(=O)[nH]2)CNCC3)nn1. The Bertz CT molecular complexity index is 650. The fourth-order valence-electron chi connectivity index (χ4n) is 2.03. The van der Waals surface area contributed by atoms with Crippen molar-refractivity contribution in [2.75, 3.05) is 13.7 Å². The fraction of sp³-hybridized carbons (Fsp3) is 0.333. The van der Waals surface area contributed by atoms with Gasteiger partial charge in [-0.25, -0.2) is 4.98 Å². The molecule has 2 aromatic rings. The van der Waals surface area contributed by atoms with Gasteiger partial charge in [0.1, 0.15) is 5.69 Å². The van der Waals surface area contributed by atoms with Gasteiger partial charge >= 0.3 is 0 Å². The smallest absolute Gasteiger partial charge is 0.255 e. The topological polar surface area (TPSA) is 92.8 Å². The summed E-state index contributed by atoms with van der Waals surface area (Å²) in [5.74, 6) is 0.870. The third-order valence-corrected chi connectivity index (χ3v) is 3.03. The van der Waals surface area contributed by atoms with Gasteiger partial charge in [0.25, 0.3) is 5.56 Å². The van der Waals surface area contributed by atoms with Gasteiger partial charge in [0.05, 0.1) is 18.4 Å². The molecule has 19 heavy (non-hydrogen) atoms. The Labute approximate surface area is 109 Å². The van der Waals surface area contributed by atoms with Crippen molar-refractivity contribution < 1.29 is 4.74 Å². The van der Waals surface area contributed by atoms with E-state index in [0.717, 1.165) is 18.7 Å². The summed E-state index contributed by atoms with van der Waals surface area (Å²) in [6.07, 6.45) is 0.746. The van der Waals surface area contributed by atoms with Crippen molar-refractivity contribution in [1.29, 1.82) is 0 Å². The number of nitrogens with one attached hydrogen (secondary N) is 2. The monoisotopic (exact) mass is 259 g/mol. The van der Waals surface area contributed by atoms with Crippen LogP contribution in [0.5, 0.6) is 5.88 Å². The number of hydrogen-bond donors (Lipinski definition) is 2. The molecule has 0 saturated carbocycles. The number of fused-ring (bicyclic) bond motifs is 1. The Balaban J connectivity index is 2.05. The molecule has 0 unspecified atom stereocenters. The molecule has 1 aliphatic rings. The van der Waals surface area contributed by atoms with E-state index in [1.165, 1.54) is 7.11 Å². The van der Waals surface area contributed by atoms with E-state index in [9.17, 15) is 4.79 Å². The van der Waals surface area contributed by atoms with Gasteiger partial charge in [-0.15, -0.1) is 10.2 Å². The lowest BCUT2D eigenvalue weighted by atomic mass is 10.1. The van der Waals surface area contributed by atoms with E-state index < -0.39 is 0 Å². The number of rotatable bonds is 2. The van der Waals surface area contributed by atoms with Crippen LogP contribution in [0.2, 0.25) is 0 Å². The molecule has 0 fully saturated rings. The molecule has 3 heterocycles. The minimum absolute atomic E-state index is 0.121. The molecular weight excluding hydrogens is 246 g/mol. The third kappa shape index (κ3) is 2.19. The lowest BCUT2D eigenvalue weighted by Crippen LogP contribution is -2.31. The zero-order chi connectivity index (χ0) is 13.2. The van der Waals surface area contributed by atoms with Gasteiger partial charge in [-0.3, -0.25) is 4.79 Å². The molecular formula is C12H13N5O2. The minimum Gasteiger partial charge on any atom is -0.480 e. The number of H-pyrrole nitrogens is 1. The number of hydrogen-bond acceptors (Lipinski definition) is 6. The van der Waals surface area contributed by atoms with Crippen LogP contribution in [0.1, 0.15) is 11.3 Å². The van der Waals surface area contributed by atoms with E-state index >= 15 is 0 Å². The van der Waals surface area contributed by atoms with Crippen LogP contribution in [0.4, 0.5) is 0 Å². The lowest BCUT2D eigenvalue weighted by molar-refractivity contribution is 0.392. The minimum atomic E-state index is -0.121. The molecule has 1 aliphatic heterocycles. The third-order valence-electron chi connectivity index (χ3n) is 3.03. The summed E-state index contributed by atoms with van der Waals surface area (Å²) >= 11 is 0. The molecule has 0 amide bonds. The van der Waals surface area contributed by atoms with Crippen molar-refractivity contribution in [3.05, 3.63) is 33.7 Å². The highest BCUT2D eigenvalue weighted by atomic mass is 16.5. The largest absolute Gasteiger partial charge is 0.480 e. The average Bonchev–Trinajstić information content (AvgIpc) is 2.47. The molecule has 7 nitrogen and oxygen atoms in total. The van der Waals surface area contributed by atoms with Crippen LogP contribution >= 0.6 is 0 Å². The highest BCUT2D eigenvalue weighted by Crippen LogP contribution is 2.15. The van der Waals surface area contributed by atoms with Gasteiger partial charge in [-0.05, 0) is 6.07 Å². The molecule has 0 aromatic carbocycles. The van der Waals surface area contributed by atoms with E-state index in [1.807, 2.05) is 0 Å². The van der Waals surface area contributed by atoms with Gasteiger partial charge < -0.3 is 15.0 Å². The maximum absolute atomic E-state index is 12.0. The van der Waals surface area contributed by atoms with E-state index in [0.29, 0.717) is 29.5 Å². The summed E-state index contributed by atoms with van der Waals surface area (Å²) in [5.41, 5.74) is 1.94. The van der Waals surface area contributed by atoms with Crippen LogP contribution < -0.4 is 15.6 Å². The van der Waals surface area contributed by atoms with E-state index in [4.69, 9.17) is 4.74 Å². The Morgan fingerprint density at radius 3 is 2.95 bits per heavy atom. The molecule has 7 heteroatoms. The summed E-state index contributed by atoms with van der Waals surface area (Å²) in [6, 6.07) is 3.40. The van der Waals surface area contributed by atoms with E-state index in [-0.39, 0.29) is 5.56 Å². The Morgan fingerprint density at radius 2 is 2.21 bits per heavy atom. The number of aromatic amines is 1. The second-order valence-corrected chi connectivity index (χ2v) is 4.23. The molecule has 0 bridgehead atoms. The first-order valence-electron chi connectivity index (χ1n) is 5.99. The molecule has 0 saturated heterocycles. The van der Waals surface area contributed by atoms with Crippen LogP contribution in [0, 0.1) is 0 Å². The second-order valence-electron chi connectivity index (χ2n) is 4.23. The van der Waals surface area contributed by atoms with Crippen molar-refractivity contribution in [2.24, 2.45) is 0 Å². The first-order chi connectivity index (χ1) is 9.28. The molecule has 0 atom stereocenters. The number of ether oxygens (including phenoxy) is 1. The number of methoxy groups -OCH3 is 1. The number of nitrogens with zero attached hydrogens (tertiary/aromatic N) is 3. The molecule has 0 radical (unpaired) electrons. The lowest BCUT2D eigenvalue weighted by Gasteiger charge is -2.15. The molecule has 2 aromatic heterocycles. The summed E-state index contributed by atoms with van der Waals surface area (Å²) in [4.78, 5) is 19.2. The first-order valence-corrected chi connectivity index (χ1v) is 5.99. The van der Waals surface area contributed by atoms with E-state index in [2.05, 4.69) is 25.5 Å². The molecule has 3 rings (SSSR count). The van der Waals surface area contributed by atoms with Crippen LogP contribution in [-0.4, -0.2) is 33.8 Å². The standard InChI is InChI=1S/C12H13N5O2/c1-19-10-3-2-9(16-17-10)11-14-8-4-5-13-6-7(8)12(18)15-11/h2-3,13H,4-6H2,1H3,(H,14,15,18). The highest BCUT2D eigenvalue weighted by molar-refractivity contribution is 5.49. The highest BCUT2D eigenvalue weighted by Gasteiger charge is 2.16. The van der Waals surface area contributed by atoms with Crippen LogP contribution in [0.15, 0.2) is 16.9 Å². The van der Waals surface area contributed by atoms with Gasteiger partial charge in [0.2, 0.25) is 5.88 Å². The van der Waals surface area contributed by atoms with Gasteiger partial charge in [-0.1, -0.05) is 0 Å². The van der Waals surface area contributed by atoms with Gasteiger partial charge in [0.15, 0.2) is 5.82 Å². The fourth-order valence-corrected chi connectivity index (χ4v) is 2.03. The Hall–Kier alpha value is -2.28. The average molecular weight is 259 g/mol. The van der Waals surface area contributed by atoms with Crippen molar-refractivity contribution in [3.8, 4) is 17.4 Å². The van der Waals surface area contributed by atoms with Crippen molar-refractivity contribution in [3.63, 3.8) is 0 Å². The van der Waals surface area contributed by atoms with Gasteiger partial charge in [-0.2, -0.15) is 0 Å². The second kappa shape index (κ2) is 4.77. The first kappa shape index (κ1) is 11.8. The summed E-state index contributed by atoms with van der Waals surface area (Å²) in [7, 11) is 1.52. The molecule has 2 N–H and O–H groups in total. The summed E-state index contributed by atoms with van der Waals surface area (Å²) in [5, 5.41) is 11.0. The van der Waals surface area contributed by atoms with Crippen molar-refractivity contribution in [2.45, 2.75) is 13.0 Å². The summed E-state index contributed by atoms with van der Waals surface area (Å²) in [6.45, 7) is 1.39. The van der Waals surface area contributed by atoms with Crippen LogP contribution in [-0.2, 0) is 13.0 Å². The van der Waals surface area contributed by atoms with Crippen molar-refractivity contribution in [1.82, 2.24) is 25.5 Å². The Morgan fingerprint density at radius 1 is 1.32 bits per heavy atom. The maximum atomic E-state index is 12.0. The van der Waals surface area contributed by atoms with Crippen LogP contribution in [0.3, 0.4) is 0 Å². The predicted octanol–water partition coefficient (Wildman–Crippen LogP) is -0.119. The normalized spacial score (nSPS) is 13.9. The van der Waals surface area contributed by atoms with Crippen molar-refractivity contribution >= 4 is 0 Å². The van der Waals surface area contributed by atoms with Crippen LogP contribution in [0.25, 0.3) is 11.5 Å². The van der Waals surface area contributed by atoms with Gasteiger partial charge in [0, 0.05) is 25.6 Å². The maximum Gasteiger partial charge on any atom is 0.255 e. The zero-order valence-electron chi connectivity index (χ0n) is 10.4. The molecule has 98 valence electrons. The number of aromatic nitrogens is 4.